The second-order valence-corrected chi connectivity index (χ2v) is 6.73. The Labute approximate surface area is 131 Å². The average molecular weight is 294 g/mol. The molecule has 0 radical (unpaired) electrons. The maximum Gasteiger partial charge on any atom is 0.193 e. The molecule has 21 heavy (non-hydrogen) atoms. The quantitative estimate of drug-likeness (QED) is 0.464. The Bertz CT molecular complexity index is 330. The summed E-state index contributed by atoms with van der Waals surface area (Å²) in [6.07, 6.45) is 8.30. The Morgan fingerprint density at radius 2 is 1.90 bits per heavy atom. The molecule has 4 heteroatoms. The van der Waals surface area contributed by atoms with Crippen LogP contribution in [0.5, 0.6) is 0 Å². The molecule has 1 aliphatic heterocycles. The van der Waals surface area contributed by atoms with Crippen LogP contribution in [0.25, 0.3) is 0 Å². The van der Waals surface area contributed by atoms with Gasteiger partial charge in [0.1, 0.15) is 0 Å². The van der Waals surface area contributed by atoms with Crippen molar-refractivity contribution in [3.63, 3.8) is 0 Å². The van der Waals surface area contributed by atoms with Crippen molar-refractivity contribution < 1.29 is 0 Å². The number of hydrogen-bond donors (Lipinski definition) is 1. The first kappa shape index (κ1) is 16.6. The Morgan fingerprint density at radius 1 is 1.19 bits per heavy atom. The van der Waals surface area contributed by atoms with Gasteiger partial charge in [0.2, 0.25) is 0 Å². The van der Waals surface area contributed by atoms with Crippen LogP contribution >= 0.6 is 0 Å². The molecular weight excluding hydrogens is 260 g/mol. The minimum atomic E-state index is 0.624. The van der Waals surface area contributed by atoms with Crippen LogP contribution in [0.15, 0.2) is 4.99 Å². The number of guanidine groups is 1. The average Bonchev–Trinajstić information content (AvgIpc) is 3.14. The van der Waals surface area contributed by atoms with Gasteiger partial charge < -0.3 is 15.1 Å². The molecule has 2 aliphatic rings. The van der Waals surface area contributed by atoms with Gasteiger partial charge in [-0.3, -0.25) is 4.99 Å². The normalized spacial score (nSPS) is 21.7. The molecule has 0 atom stereocenters. The Kier molecular flexibility index (Phi) is 6.34. The Hall–Kier alpha value is -0.770. The third-order valence-electron chi connectivity index (χ3n) is 5.44. The van der Waals surface area contributed by atoms with E-state index in [0.717, 1.165) is 25.6 Å². The summed E-state index contributed by atoms with van der Waals surface area (Å²) < 4.78 is 0. The second kappa shape index (κ2) is 8.02. The van der Waals surface area contributed by atoms with Crippen LogP contribution in [0, 0.1) is 5.41 Å². The van der Waals surface area contributed by atoms with Crippen molar-refractivity contribution in [1.82, 2.24) is 15.1 Å². The van der Waals surface area contributed by atoms with Crippen LogP contribution in [0.1, 0.15) is 52.4 Å². The van der Waals surface area contributed by atoms with Crippen molar-refractivity contribution in [2.75, 3.05) is 46.3 Å². The second-order valence-electron chi connectivity index (χ2n) is 6.73. The van der Waals surface area contributed by atoms with E-state index in [9.17, 15) is 0 Å². The molecule has 4 nitrogen and oxygen atoms in total. The number of aliphatic imine (C=N–C) groups is 1. The van der Waals surface area contributed by atoms with Gasteiger partial charge in [-0.1, -0.05) is 26.7 Å². The first-order valence-electron chi connectivity index (χ1n) is 8.91. The summed E-state index contributed by atoms with van der Waals surface area (Å²) in [5.74, 6) is 1.12. The SMILES string of the molecule is CCN(CC)CCCNC(=NC)N1CCC2(CCCC2)C1. The predicted octanol–water partition coefficient (Wildman–Crippen LogP) is 2.56. The maximum atomic E-state index is 4.50. The van der Waals surface area contributed by atoms with Crippen LogP contribution < -0.4 is 5.32 Å². The van der Waals surface area contributed by atoms with Crippen molar-refractivity contribution >= 4 is 5.96 Å². The number of hydrogen-bond acceptors (Lipinski definition) is 2. The van der Waals surface area contributed by atoms with Gasteiger partial charge in [0, 0.05) is 26.7 Å². The van der Waals surface area contributed by atoms with E-state index in [1.165, 1.54) is 58.2 Å². The highest BCUT2D eigenvalue weighted by Crippen LogP contribution is 2.45. The van der Waals surface area contributed by atoms with E-state index >= 15 is 0 Å². The third-order valence-corrected chi connectivity index (χ3v) is 5.44. The summed E-state index contributed by atoms with van der Waals surface area (Å²) >= 11 is 0. The van der Waals surface area contributed by atoms with Crippen molar-refractivity contribution in [1.29, 1.82) is 0 Å². The first-order valence-corrected chi connectivity index (χ1v) is 8.91. The molecule has 0 aromatic heterocycles. The predicted molar refractivity (Wildman–Crippen MR) is 90.9 cm³/mol. The summed E-state index contributed by atoms with van der Waals surface area (Å²) in [6.45, 7) is 11.4. The van der Waals surface area contributed by atoms with E-state index < -0.39 is 0 Å². The van der Waals surface area contributed by atoms with Crippen LogP contribution in [0.3, 0.4) is 0 Å². The van der Waals surface area contributed by atoms with Gasteiger partial charge in [-0.15, -0.1) is 0 Å². The monoisotopic (exact) mass is 294 g/mol. The molecule has 2 fully saturated rings. The molecule has 0 aromatic rings. The lowest BCUT2D eigenvalue weighted by Crippen LogP contribution is -2.42. The standard InChI is InChI=1S/C17H34N4/c1-4-20(5-2)13-8-12-19-16(18-3)21-14-11-17(15-21)9-6-7-10-17/h4-15H2,1-3H3,(H,18,19). The zero-order chi connectivity index (χ0) is 15.1. The smallest absolute Gasteiger partial charge is 0.193 e. The van der Waals surface area contributed by atoms with Gasteiger partial charge in [0.25, 0.3) is 0 Å². The topological polar surface area (TPSA) is 30.9 Å². The summed E-state index contributed by atoms with van der Waals surface area (Å²) in [4.78, 5) is 9.47. The minimum absolute atomic E-state index is 0.624. The largest absolute Gasteiger partial charge is 0.356 e. The van der Waals surface area contributed by atoms with Gasteiger partial charge in [-0.2, -0.15) is 0 Å². The number of nitrogens with zero attached hydrogens (tertiary/aromatic N) is 3. The lowest BCUT2D eigenvalue weighted by atomic mass is 9.86. The summed E-state index contributed by atoms with van der Waals surface area (Å²) in [7, 11) is 1.92. The Morgan fingerprint density at radius 3 is 2.52 bits per heavy atom. The minimum Gasteiger partial charge on any atom is -0.356 e. The van der Waals surface area contributed by atoms with Gasteiger partial charge >= 0.3 is 0 Å². The first-order chi connectivity index (χ1) is 10.2. The zero-order valence-electron chi connectivity index (χ0n) is 14.3. The van der Waals surface area contributed by atoms with Gasteiger partial charge in [0.15, 0.2) is 5.96 Å². The van der Waals surface area contributed by atoms with Crippen LogP contribution in [0.4, 0.5) is 0 Å². The lowest BCUT2D eigenvalue weighted by molar-refractivity contribution is 0.297. The van der Waals surface area contributed by atoms with E-state index in [-0.39, 0.29) is 0 Å². The number of likely N-dealkylation sites (tertiary alicyclic amines) is 1. The summed E-state index contributed by atoms with van der Waals surface area (Å²) in [5, 5.41) is 3.57. The zero-order valence-corrected chi connectivity index (χ0v) is 14.3. The van der Waals surface area contributed by atoms with Gasteiger partial charge in [0.05, 0.1) is 0 Å². The summed E-state index contributed by atoms with van der Waals surface area (Å²) in [6, 6.07) is 0. The van der Waals surface area contributed by atoms with Gasteiger partial charge in [-0.05, 0) is 50.7 Å². The van der Waals surface area contributed by atoms with E-state index in [4.69, 9.17) is 0 Å². The molecule has 1 heterocycles. The van der Waals surface area contributed by atoms with E-state index in [1.54, 1.807) is 0 Å². The van der Waals surface area contributed by atoms with Crippen LogP contribution in [-0.4, -0.2) is 62.1 Å². The van der Waals surface area contributed by atoms with E-state index in [0.29, 0.717) is 5.41 Å². The molecule has 122 valence electrons. The fourth-order valence-electron chi connectivity index (χ4n) is 4.02. The lowest BCUT2D eigenvalue weighted by Gasteiger charge is -2.26. The molecule has 0 amide bonds. The van der Waals surface area contributed by atoms with Crippen LogP contribution in [-0.2, 0) is 0 Å². The number of nitrogens with one attached hydrogen (secondary N) is 1. The number of rotatable bonds is 6. The Balaban J connectivity index is 1.71. The van der Waals surface area contributed by atoms with Gasteiger partial charge in [-0.25, -0.2) is 0 Å². The molecule has 0 aromatic carbocycles. The molecule has 1 aliphatic carbocycles. The van der Waals surface area contributed by atoms with Crippen molar-refractivity contribution in [3.05, 3.63) is 0 Å². The molecule has 0 bridgehead atoms. The van der Waals surface area contributed by atoms with Crippen LogP contribution in [0.2, 0.25) is 0 Å². The molecule has 1 spiro atoms. The fraction of sp³-hybridized carbons (Fsp3) is 0.941. The van der Waals surface area contributed by atoms with Crippen molar-refractivity contribution in [2.45, 2.75) is 52.4 Å². The van der Waals surface area contributed by atoms with E-state index in [2.05, 4.69) is 34.0 Å². The molecular formula is C17H34N4. The maximum absolute atomic E-state index is 4.50. The van der Waals surface area contributed by atoms with E-state index in [1.807, 2.05) is 7.05 Å². The fourth-order valence-corrected chi connectivity index (χ4v) is 4.02. The molecule has 1 N–H and O–H groups in total. The molecule has 0 unspecified atom stereocenters. The molecule has 1 saturated heterocycles. The third kappa shape index (κ3) is 4.35. The summed E-state index contributed by atoms with van der Waals surface area (Å²) in [5.41, 5.74) is 0.624. The van der Waals surface area contributed by atoms with Crippen molar-refractivity contribution in [3.8, 4) is 0 Å². The molecule has 2 rings (SSSR count). The molecule has 1 saturated carbocycles. The highest BCUT2D eigenvalue weighted by molar-refractivity contribution is 5.80. The highest BCUT2D eigenvalue weighted by atomic mass is 15.3. The highest BCUT2D eigenvalue weighted by Gasteiger charge is 2.40. The van der Waals surface area contributed by atoms with Crippen molar-refractivity contribution in [2.24, 2.45) is 10.4 Å².